The summed E-state index contributed by atoms with van der Waals surface area (Å²) in [7, 11) is 0. The molecule has 0 spiro atoms. The summed E-state index contributed by atoms with van der Waals surface area (Å²) < 4.78 is 64.1. The summed E-state index contributed by atoms with van der Waals surface area (Å²) >= 11 is 1.42. The number of hydrogen-bond donors (Lipinski definition) is 0. The topological polar surface area (TPSA) is 16.2 Å². The van der Waals surface area contributed by atoms with E-state index < -0.39 is 31.0 Å². The molecular weight excluding hydrogens is 1080 g/mol. The third-order valence-electron chi connectivity index (χ3n) is 16.9. The van der Waals surface area contributed by atoms with Gasteiger partial charge in [0.2, 0.25) is 6.71 Å². The van der Waals surface area contributed by atoms with Crippen molar-refractivity contribution in [1.29, 1.82) is 0 Å². The maximum atomic E-state index is 20.0. The molecule has 4 aliphatic heterocycles. The number of alkyl halides is 3. The monoisotopic (exact) mass is 1120 g/mol. The van der Waals surface area contributed by atoms with E-state index in [1.807, 2.05) is 114 Å². The van der Waals surface area contributed by atoms with Crippen molar-refractivity contribution in [3.8, 4) is 0 Å². The molecule has 0 amide bonds. The Labute approximate surface area is 495 Å². The smallest absolute Gasteiger partial charge is 0.311 e. The Morgan fingerprint density at radius 1 is 0.329 bits per heavy atom. The Balaban J connectivity index is 1.00. The van der Waals surface area contributed by atoms with Gasteiger partial charge in [0.1, 0.15) is 0 Å². The van der Waals surface area contributed by atoms with Crippen LogP contribution in [0.5, 0.6) is 0 Å². The summed E-state index contributed by atoms with van der Waals surface area (Å²) in [5.41, 5.74) is 17.0. The number of rotatable bonds is 9. The van der Waals surface area contributed by atoms with Crippen molar-refractivity contribution in [2.45, 2.75) is 16.0 Å². The van der Waals surface area contributed by atoms with Crippen LogP contribution in [0.2, 0.25) is 0 Å². The van der Waals surface area contributed by atoms with Crippen LogP contribution in [-0.4, -0.2) is 13.4 Å². The maximum Gasteiger partial charge on any atom is 0.416 e. The number of halogens is 4. The number of hydrogen-bond acceptors (Lipinski definition) is 6. The first-order chi connectivity index (χ1) is 41.8. The van der Waals surface area contributed by atoms with Crippen LogP contribution in [0.1, 0.15) is 5.56 Å². The van der Waals surface area contributed by atoms with Crippen LogP contribution >= 0.6 is 11.8 Å². The lowest BCUT2D eigenvalue weighted by Crippen LogP contribution is -2.65. The molecule has 12 aromatic carbocycles. The fourth-order valence-corrected chi connectivity index (χ4v) is 14.6. The molecule has 0 saturated heterocycles. The van der Waals surface area contributed by atoms with E-state index in [0.717, 1.165) is 113 Å². The molecule has 0 atom stereocenters. The Hall–Kier alpha value is -10.2. The van der Waals surface area contributed by atoms with Crippen molar-refractivity contribution >= 4 is 143 Å². The first-order valence-corrected chi connectivity index (χ1v) is 29.1. The SMILES string of the molecule is Fc1c2c(cc3c1N(c1ccc(C(F)(F)F)cc1)c1cc(N(c4ccccc4)c4ccccc4)cc4c1B3c1ccccc1N4c1ccccc1)B1c3ccccc3N(c3ccccc3)c3cc(N(c4ccccc4)c4ccccc4)cc(c31)S2. The van der Waals surface area contributed by atoms with Gasteiger partial charge in [-0.1, -0.05) is 169 Å². The number of para-hydroxylation sites is 8. The van der Waals surface area contributed by atoms with Gasteiger partial charge in [-0.25, -0.2) is 4.39 Å². The lowest BCUT2D eigenvalue weighted by molar-refractivity contribution is -0.137. The van der Waals surface area contributed by atoms with Crippen molar-refractivity contribution in [2.24, 2.45) is 0 Å². The van der Waals surface area contributed by atoms with Gasteiger partial charge >= 0.3 is 6.18 Å². The molecule has 0 N–H and O–H groups in total. The first kappa shape index (κ1) is 50.6. The Morgan fingerprint density at radius 3 is 1.16 bits per heavy atom. The van der Waals surface area contributed by atoms with Crippen molar-refractivity contribution in [3.63, 3.8) is 0 Å². The summed E-state index contributed by atoms with van der Waals surface area (Å²) in [5.74, 6) is -0.454. The molecule has 16 rings (SSSR count). The van der Waals surface area contributed by atoms with E-state index >= 15 is 4.39 Å². The second-order valence-corrected chi connectivity index (χ2v) is 22.7. The minimum absolute atomic E-state index is 0.283. The molecule has 404 valence electrons. The fourth-order valence-electron chi connectivity index (χ4n) is 13.4. The molecule has 0 unspecified atom stereocenters. The lowest BCUT2D eigenvalue weighted by Gasteiger charge is -2.46. The standard InChI is InChI=1S/C73H47B2F4N5S/c76-70-71-60(47-61-72(70)85-67-46-57(81(51-27-11-3-12-28-51)52-29-13-4-14-30-52)45-66-69(67)75(61)59-36-20-22-38-63(59)83(66)54-33-17-6-18-34-54)74-58-35-19-21-37-62(58)82(53-31-15-5-16-32-53)64-43-56(80(49-23-7-1-8-24-49)50-25-9-2-10-26-50)44-65(68(64)74)84(71)55-41-39-48(40-42-55)73(77,78)79/h1-47H. The minimum Gasteiger partial charge on any atom is -0.311 e. The molecule has 0 aromatic heterocycles. The zero-order chi connectivity index (χ0) is 56.9. The third kappa shape index (κ3) is 8.18. The van der Waals surface area contributed by atoms with E-state index in [9.17, 15) is 13.2 Å². The van der Waals surface area contributed by atoms with Crippen LogP contribution < -0.4 is 57.3 Å². The summed E-state index contributed by atoms with van der Waals surface area (Å²) in [6.45, 7) is -0.961. The van der Waals surface area contributed by atoms with Crippen molar-refractivity contribution in [3.05, 3.63) is 296 Å². The van der Waals surface area contributed by atoms with E-state index in [1.54, 1.807) is 0 Å². The van der Waals surface area contributed by atoms with Crippen LogP contribution in [-0.2, 0) is 6.18 Å². The summed E-state index contributed by atoms with van der Waals surface area (Å²) in [6.07, 6.45) is -4.61. The predicted molar refractivity (Wildman–Crippen MR) is 345 cm³/mol. The number of nitrogens with zero attached hydrogens (tertiary/aromatic N) is 5. The number of benzene rings is 12. The molecule has 4 aliphatic rings. The quantitative estimate of drug-likeness (QED) is 0.105. The lowest BCUT2D eigenvalue weighted by atomic mass is 9.31. The van der Waals surface area contributed by atoms with E-state index in [4.69, 9.17) is 0 Å². The van der Waals surface area contributed by atoms with Gasteiger partial charge in [0.05, 0.1) is 16.9 Å². The molecule has 12 heteroatoms. The normalized spacial score (nSPS) is 13.2. The Kier molecular flexibility index (Phi) is 11.9. The van der Waals surface area contributed by atoms with Crippen LogP contribution in [0.4, 0.5) is 103 Å². The molecule has 0 radical (unpaired) electrons. The molecular formula is C73H47B2F4N5S. The summed E-state index contributed by atoms with van der Waals surface area (Å²) in [6, 6.07) is 94.6. The van der Waals surface area contributed by atoms with Crippen LogP contribution in [0.15, 0.2) is 295 Å². The Morgan fingerprint density at radius 2 is 0.706 bits per heavy atom. The largest absolute Gasteiger partial charge is 0.416 e. The van der Waals surface area contributed by atoms with Gasteiger partial charge in [0.25, 0.3) is 6.71 Å². The summed E-state index contributed by atoms with van der Waals surface area (Å²) in [5, 5.41) is 0. The number of anilines is 15. The van der Waals surface area contributed by atoms with Crippen molar-refractivity contribution in [2.75, 3.05) is 24.5 Å². The molecule has 0 saturated carbocycles. The highest BCUT2D eigenvalue weighted by atomic mass is 32.2. The van der Waals surface area contributed by atoms with Crippen LogP contribution in [0.25, 0.3) is 0 Å². The van der Waals surface area contributed by atoms with Gasteiger partial charge in [-0.05, 0) is 161 Å². The van der Waals surface area contributed by atoms with Gasteiger partial charge in [0.15, 0.2) is 5.82 Å². The fraction of sp³-hybridized carbons (Fsp3) is 0.0137. The Bertz CT molecular complexity index is 4470. The number of fused-ring (bicyclic) bond motifs is 8. The van der Waals surface area contributed by atoms with E-state index in [2.05, 4.69) is 171 Å². The molecule has 0 bridgehead atoms. The molecule has 12 aromatic rings. The van der Waals surface area contributed by atoms with Gasteiger partial charge in [0, 0.05) is 83.7 Å². The predicted octanol–water partition coefficient (Wildman–Crippen LogP) is 16.6. The van der Waals surface area contributed by atoms with Crippen molar-refractivity contribution < 1.29 is 17.6 Å². The van der Waals surface area contributed by atoms with Crippen LogP contribution in [0, 0.1) is 5.82 Å². The minimum atomic E-state index is -4.61. The molecule has 5 nitrogen and oxygen atoms in total. The summed E-state index contributed by atoms with van der Waals surface area (Å²) in [4.78, 5) is 12.3. The highest BCUT2D eigenvalue weighted by Gasteiger charge is 2.49. The second kappa shape index (κ2) is 20.0. The molecule has 4 heterocycles. The van der Waals surface area contributed by atoms with Crippen molar-refractivity contribution in [1.82, 2.24) is 0 Å². The average molecular weight is 1120 g/mol. The van der Waals surface area contributed by atoms with E-state index in [-0.39, 0.29) is 5.69 Å². The average Bonchev–Trinajstić information content (AvgIpc) is 0.832. The zero-order valence-electron chi connectivity index (χ0n) is 45.4. The molecule has 0 aliphatic carbocycles. The molecule has 85 heavy (non-hydrogen) atoms. The third-order valence-corrected chi connectivity index (χ3v) is 18.0. The van der Waals surface area contributed by atoms with Crippen LogP contribution in [0.3, 0.4) is 0 Å². The molecule has 0 fully saturated rings. The maximum absolute atomic E-state index is 20.0. The van der Waals surface area contributed by atoms with E-state index in [0.29, 0.717) is 21.7 Å². The first-order valence-electron chi connectivity index (χ1n) is 28.3. The second-order valence-electron chi connectivity index (χ2n) is 21.6. The van der Waals surface area contributed by atoms with Gasteiger partial charge in [-0.3, -0.25) is 0 Å². The zero-order valence-corrected chi connectivity index (χ0v) is 46.3. The van der Waals surface area contributed by atoms with Gasteiger partial charge < -0.3 is 24.5 Å². The highest BCUT2D eigenvalue weighted by Crippen LogP contribution is 2.52. The van der Waals surface area contributed by atoms with Gasteiger partial charge in [-0.2, -0.15) is 13.2 Å². The highest BCUT2D eigenvalue weighted by molar-refractivity contribution is 8.00. The van der Waals surface area contributed by atoms with Gasteiger partial charge in [-0.15, -0.1) is 0 Å². The van der Waals surface area contributed by atoms with E-state index in [1.165, 1.54) is 23.9 Å².